The Morgan fingerprint density at radius 2 is 1.51 bits per heavy atom. The van der Waals surface area contributed by atoms with Crippen molar-refractivity contribution in [1.82, 2.24) is 4.90 Å². The number of benzene rings is 2. The highest BCUT2D eigenvalue weighted by atomic mass is 16.4. The average Bonchev–Trinajstić information content (AvgIpc) is 2.83. The first-order chi connectivity index (χ1) is 17.6. The topological polar surface area (TPSA) is 130 Å². The molecule has 2 atom stereocenters. The summed E-state index contributed by atoms with van der Waals surface area (Å²) in [6, 6.07) is 16.7. The molecule has 3 aromatic rings. The third-order valence-corrected chi connectivity index (χ3v) is 6.25. The summed E-state index contributed by atoms with van der Waals surface area (Å²) in [5.74, 6) is -0.254. The minimum atomic E-state index is -0.580. The van der Waals surface area contributed by atoms with Gasteiger partial charge in [-0.15, -0.1) is 5.10 Å². The van der Waals surface area contributed by atoms with Gasteiger partial charge in [0.25, 0.3) is 0 Å². The normalized spacial score (nSPS) is 13.9. The van der Waals surface area contributed by atoms with Gasteiger partial charge in [0, 0.05) is 37.2 Å². The van der Waals surface area contributed by atoms with Crippen LogP contribution < -0.4 is 17.1 Å². The zero-order chi connectivity index (χ0) is 27.1. The maximum absolute atomic E-state index is 13.5. The number of para-hydroxylation sites is 1. The monoisotopic (exact) mass is 505 g/mol. The molecule has 1 aromatic heterocycles. The van der Waals surface area contributed by atoms with Crippen molar-refractivity contribution in [2.24, 2.45) is 39.4 Å². The molecule has 8 heteroatoms. The van der Waals surface area contributed by atoms with Crippen molar-refractivity contribution in [2.75, 3.05) is 19.6 Å². The van der Waals surface area contributed by atoms with Gasteiger partial charge >= 0.3 is 5.63 Å². The Balaban J connectivity index is 2.28. The lowest BCUT2D eigenvalue weighted by Crippen LogP contribution is -2.40. The molecule has 0 unspecified atom stereocenters. The first kappa shape index (κ1) is 27.9. The van der Waals surface area contributed by atoms with Crippen LogP contribution in [-0.4, -0.2) is 41.3 Å². The van der Waals surface area contributed by atoms with Gasteiger partial charge in [-0.2, -0.15) is 5.10 Å². The second kappa shape index (κ2) is 12.5. The fourth-order valence-electron chi connectivity index (χ4n) is 4.91. The third-order valence-electron chi connectivity index (χ3n) is 6.25. The zero-order valence-corrected chi connectivity index (χ0v) is 22.4. The Bertz CT molecular complexity index is 1280. The minimum absolute atomic E-state index is 0.0837. The molecular formula is C29H39N5O3. The van der Waals surface area contributed by atoms with E-state index in [4.69, 9.17) is 15.9 Å². The second-order valence-corrected chi connectivity index (χ2v) is 10.4. The predicted octanol–water partition coefficient (Wildman–Crippen LogP) is 4.51. The highest BCUT2D eigenvalue weighted by Gasteiger charge is 2.35. The molecule has 198 valence electrons. The molecule has 0 aliphatic carbocycles. The third kappa shape index (κ3) is 7.20. The minimum Gasteiger partial charge on any atom is -0.507 e. The summed E-state index contributed by atoms with van der Waals surface area (Å²) in [7, 11) is 0. The Hall–Kier alpha value is -3.65. The van der Waals surface area contributed by atoms with Crippen LogP contribution in [0.25, 0.3) is 11.0 Å². The first-order valence-corrected chi connectivity index (χ1v) is 12.7. The molecule has 0 bridgehead atoms. The van der Waals surface area contributed by atoms with E-state index in [1.165, 1.54) is 0 Å². The maximum atomic E-state index is 13.5. The molecule has 8 nitrogen and oxygen atoms in total. The van der Waals surface area contributed by atoms with E-state index < -0.39 is 11.5 Å². The number of hydrogen-bond acceptors (Lipinski definition) is 6. The summed E-state index contributed by atoms with van der Waals surface area (Å²) < 4.78 is 5.70. The summed E-state index contributed by atoms with van der Waals surface area (Å²) in [6.07, 6.45) is 0. The van der Waals surface area contributed by atoms with Gasteiger partial charge in [-0.05, 0) is 36.5 Å². The number of rotatable bonds is 11. The smallest absolute Gasteiger partial charge is 0.343 e. The molecule has 0 fully saturated rings. The zero-order valence-electron chi connectivity index (χ0n) is 22.4. The lowest BCUT2D eigenvalue weighted by molar-refractivity contribution is 0.199. The number of guanidine groups is 1. The van der Waals surface area contributed by atoms with E-state index in [0.717, 1.165) is 18.7 Å². The number of nitrogens with zero attached hydrogens (tertiary/aromatic N) is 3. The van der Waals surface area contributed by atoms with Gasteiger partial charge in [-0.25, -0.2) is 4.79 Å². The van der Waals surface area contributed by atoms with Crippen molar-refractivity contribution in [3.05, 3.63) is 76.1 Å². The van der Waals surface area contributed by atoms with Crippen molar-refractivity contribution >= 4 is 22.6 Å². The summed E-state index contributed by atoms with van der Waals surface area (Å²) in [5.41, 5.74) is 12.6. The number of hydrogen-bond donors (Lipinski definition) is 3. The van der Waals surface area contributed by atoms with E-state index in [9.17, 15) is 9.90 Å². The lowest BCUT2D eigenvalue weighted by Gasteiger charge is -2.34. The Morgan fingerprint density at radius 3 is 2.11 bits per heavy atom. The van der Waals surface area contributed by atoms with E-state index >= 15 is 0 Å². The lowest BCUT2D eigenvalue weighted by atomic mass is 9.78. The van der Waals surface area contributed by atoms with E-state index in [1.54, 1.807) is 24.3 Å². The van der Waals surface area contributed by atoms with E-state index in [2.05, 4.69) is 42.8 Å². The molecule has 2 aromatic carbocycles. The first-order valence-electron chi connectivity index (χ1n) is 12.7. The van der Waals surface area contributed by atoms with Crippen LogP contribution in [0, 0.1) is 17.8 Å². The van der Waals surface area contributed by atoms with E-state index in [-0.39, 0.29) is 23.2 Å². The number of aromatic hydroxyl groups is 1. The van der Waals surface area contributed by atoms with Gasteiger partial charge in [-0.3, -0.25) is 0 Å². The van der Waals surface area contributed by atoms with Gasteiger partial charge in [-0.1, -0.05) is 70.2 Å². The molecule has 5 N–H and O–H groups in total. The summed E-state index contributed by atoms with van der Waals surface area (Å²) in [5, 5.41) is 20.2. The SMILES string of the molecule is C/C(=N/N=C(N)N)[C@H](CN(CC(C)C)CC(C)C)[C@H](c1ccccc1)c1c(O)c2ccccc2oc1=O. The Kier molecular flexibility index (Phi) is 9.47. The molecule has 3 rings (SSSR count). The summed E-state index contributed by atoms with van der Waals surface area (Å²) >= 11 is 0. The van der Waals surface area contributed by atoms with Gasteiger partial charge in [0.1, 0.15) is 11.3 Å². The Morgan fingerprint density at radius 1 is 0.919 bits per heavy atom. The van der Waals surface area contributed by atoms with Gasteiger partial charge in [0.05, 0.1) is 10.9 Å². The quantitative estimate of drug-likeness (QED) is 0.152. The molecular weight excluding hydrogens is 466 g/mol. The van der Waals surface area contributed by atoms with Gasteiger partial charge in [0.15, 0.2) is 0 Å². The van der Waals surface area contributed by atoms with Crippen LogP contribution in [0.15, 0.2) is 74.0 Å². The molecule has 0 amide bonds. The fourth-order valence-corrected chi connectivity index (χ4v) is 4.91. The van der Waals surface area contributed by atoms with Crippen LogP contribution in [-0.2, 0) is 0 Å². The largest absolute Gasteiger partial charge is 0.507 e. The van der Waals surface area contributed by atoms with E-state index in [1.807, 2.05) is 37.3 Å². The van der Waals surface area contributed by atoms with Crippen LogP contribution in [0.2, 0.25) is 0 Å². The van der Waals surface area contributed by atoms with Crippen molar-refractivity contribution in [2.45, 2.75) is 40.5 Å². The van der Waals surface area contributed by atoms with Crippen molar-refractivity contribution in [3.63, 3.8) is 0 Å². The van der Waals surface area contributed by atoms with E-state index in [0.29, 0.717) is 35.1 Å². The fraction of sp³-hybridized carbons (Fsp3) is 0.414. The number of nitrogens with two attached hydrogens (primary N) is 2. The van der Waals surface area contributed by atoms with Gasteiger partial charge in [0.2, 0.25) is 5.96 Å². The molecule has 0 radical (unpaired) electrons. The molecule has 0 aliphatic rings. The molecule has 1 heterocycles. The predicted molar refractivity (Wildman–Crippen MR) is 151 cm³/mol. The van der Waals surface area contributed by atoms with Crippen LogP contribution in [0.1, 0.15) is 51.7 Å². The highest BCUT2D eigenvalue weighted by Crippen LogP contribution is 2.39. The highest BCUT2D eigenvalue weighted by molar-refractivity contribution is 5.89. The number of fused-ring (bicyclic) bond motifs is 1. The second-order valence-electron chi connectivity index (χ2n) is 10.4. The van der Waals surface area contributed by atoms with Crippen molar-refractivity contribution in [1.29, 1.82) is 0 Å². The molecule has 37 heavy (non-hydrogen) atoms. The molecule has 0 aliphatic heterocycles. The summed E-state index contributed by atoms with van der Waals surface area (Å²) in [4.78, 5) is 15.8. The molecule has 0 spiro atoms. The molecule has 0 saturated heterocycles. The maximum Gasteiger partial charge on any atom is 0.343 e. The standard InChI is InChI=1S/C29H39N5O3/c1-18(2)15-34(16-19(3)4)17-23(20(5)32-33-29(30)31)25(21-11-7-6-8-12-21)26-27(35)22-13-9-10-14-24(22)37-28(26)36/h6-14,18-19,23,25,35H,15-17H2,1-5H3,(H4,30,31,33)/b32-20-/t23-,25-/m0/s1. The average molecular weight is 506 g/mol. The van der Waals surface area contributed by atoms with Crippen LogP contribution in [0.5, 0.6) is 5.75 Å². The van der Waals surface area contributed by atoms with Crippen LogP contribution >= 0.6 is 0 Å². The van der Waals surface area contributed by atoms with Gasteiger partial charge < -0.3 is 25.9 Å². The van der Waals surface area contributed by atoms with Crippen LogP contribution in [0.3, 0.4) is 0 Å². The van der Waals surface area contributed by atoms with Crippen LogP contribution in [0.4, 0.5) is 0 Å². The molecule has 0 saturated carbocycles. The summed E-state index contributed by atoms with van der Waals surface area (Å²) in [6.45, 7) is 12.9. The van der Waals surface area contributed by atoms with Crippen molar-refractivity contribution < 1.29 is 9.52 Å². The Labute approximate surface area is 218 Å². The van der Waals surface area contributed by atoms with Crippen molar-refractivity contribution in [3.8, 4) is 5.75 Å².